The number of nitrogens with one attached hydrogen (secondary N) is 1. The maximum atomic E-state index is 3.67. The van der Waals surface area contributed by atoms with E-state index in [2.05, 4.69) is 54.5 Å². The Morgan fingerprint density at radius 1 is 1.22 bits per heavy atom. The van der Waals surface area contributed by atoms with Crippen LogP contribution in [0, 0.1) is 6.92 Å². The summed E-state index contributed by atoms with van der Waals surface area (Å²) in [6, 6.07) is 8.80. The molecule has 0 atom stereocenters. The van der Waals surface area contributed by atoms with Gasteiger partial charge in [0.05, 0.1) is 0 Å². The molecule has 1 N–H and O–H groups in total. The fourth-order valence-electron chi connectivity index (χ4n) is 2.91. The van der Waals surface area contributed by atoms with E-state index >= 15 is 0 Å². The van der Waals surface area contributed by atoms with Crippen LogP contribution < -0.4 is 5.32 Å². The van der Waals surface area contributed by atoms with E-state index in [-0.39, 0.29) is 0 Å². The highest BCUT2D eigenvalue weighted by Crippen LogP contribution is 2.37. The lowest BCUT2D eigenvalue weighted by Gasteiger charge is -2.36. The second-order valence-corrected chi connectivity index (χ2v) is 6.81. The molecule has 18 heavy (non-hydrogen) atoms. The van der Waals surface area contributed by atoms with Gasteiger partial charge in [-0.3, -0.25) is 0 Å². The zero-order chi connectivity index (χ0) is 12.8. The molecule has 0 aromatic heterocycles. The van der Waals surface area contributed by atoms with Gasteiger partial charge in [0, 0.05) is 17.8 Å². The molecule has 0 saturated heterocycles. The third-order valence-electron chi connectivity index (χ3n) is 4.06. The van der Waals surface area contributed by atoms with Crippen molar-refractivity contribution in [1.82, 2.24) is 5.32 Å². The highest BCUT2D eigenvalue weighted by molar-refractivity contribution is 8.00. The first-order valence-electron chi connectivity index (χ1n) is 7.06. The summed E-state index contributed by atoms with van der Waals surface area (Å²) in [6.07, 6.45) is 9.30. The standard InChI is InChI=1S/C16H25NS/c1-14-7-6-8-15(11-14)12-17-13-16(18-2)9-4-3-5-10-16/h6-8,11,17H,3-5,9-10,12-13H2,1-2H3. The second-order valence-electron chi connectivity index (χ2n) is 5.54. The highest BCUT2D eigenvalue weighted by atomic mass is 32.2. The lowest BCUT2D eigenvalue weighted by molar-refractivity contribution is 0.379. The Kier molecular flexibility index (Phi) is 5.13. The van der Waals surface area contributed by atoms with Crippen molar-refractivity contribution in [3.05, 3.63) is 35.4 Å². The van der Waals surface area contributed by atoms with Crippen LogP contribution in [0.3, 0.4) is 0 Å². The van der Waals surface area contributed by atoms with E-state index in [4.69, 9.17) is 0 Å². The average molecular weight is 263 g/mol. The molecule has 0 aliphatic heterocycles. The number of rotatable bonds is 5. The third-order valence-corrected chi connectivity index (χ3v) is 5.48. The zero-order valence-electron chi connectivity index (χ0n) is 11.7. The normalized spacial score (nSPS) is 18.8. The molecule has 0 bridgehead atoms. The van der Waals surface area contributed by atoms with E-state index in [0.717, 1.165) is 13.1 Å². The summed E-state index contributed by atoms with van der Waals surface area (Å²) in [5.74, 6) is 0. The van der Waals surface area contributed by atoms with Gasteiger partial charge in [0.25, 0.3) is 0 Å². The molecule has 1 saturated carbocycles. The van der Waals surface area contributed by atoms with Gasteiger partial charge < -0.3 is 5.32 Å². The first-order valence-corrected chi connectivity index (χ1v) is 8.28. The van der Waals surface area contributed by atoms with Gasteiger partial charge in [-0.25, -0.2) is 0 Å². The van der Waals surface area contributed by atoms with Crippen molar-refractivity contribution < 1.29 is 0 Å². The van der Waals surface area contributed by atoms with E-state index in [1.807, 2.05) is 0 Å². The van der Waals surface area contributed by atoms with Crippen LogP contribution in [0.2, 0.25) is 0 Å². The predicted molar refractivity (Wildman–Crippen MR) is 82.2 cm³/mol. The zero-order valence-corrected chi connectivity index (χ0v) is 12.5. The Labute approximate surface area is 116 Å². The van der Waals surface area contributed by atoms with Crippen LogP contribution in [-0.2, 0) is 6.54 Å². The Bertz CT molecular complexity index is 369. The number of thioether (sulfide) groups is 1. The maximum absolute atomic E-state index is 3.67. The molecule has 2 heteroatoms. The summed E-state index contributed by atoms with van der Waals surface area (Å²) >= 11 is 2.07. The van der Waals surface area contributed by atoms with Crippen molar-refractivity contribution in [2.75, 3.05) is 12.8 Å². The van der Waals surface area contributed by atoms with Crippen molar-refractivity contribution >= 4 is 11.8 Å². The summed E-state index contributed by atoms with van der Waals surface area (Å²) in [4.78, 5) is 0. The Morgan fingerprint density at radius 3 is 2.67 bits per heavy atom. The number of aryl methyl sites for hydroxylation is 1. The molecule has 1 aliphatic carbocycles. The molecule has 1 nitrogen and oxygen atoms in total. The van der Waals surface area contributed by atoms with Crippen LogP contribution in [0.15, 0.2) is 24.3 Å². The van der Waals surface area contributed by atoms with Gasteiger partial charge in [0.2, 0.25) is 0 Å². The van der Waals surface area contributed by atoms with Crippen LogP contribution in [0.25, 0.3) is 0 Å². The summed E-state index contributed by atoms with van der Waals surface area (Å²) in [5, 5.41) is 3.67. The van der Waals surface area contributed by atoms with Crippen molar-refractivity contribution in [3.63, 3.8) is 0 Å². The fourth-order valence-corrected chi connectivity index (χ4v) is 3.85. The molecule has 0 amide bonds. The van der Waals surface area contributed by atoms with Gasteiger partial charge >= 0.3 is 0 Å². The lowest BCUT2D eigenvalue weighted by Crippen LogP contribution is -2.39. The first-order chi connectivity index (χ1) is 8.74. The predicted octanol–water partition coefficient (Wildman–Crippen LogP) is 4.15. The highest BCUT2D eigenvalue weighted by Gasteiger charge is 2.30. The van der Waals surface area contributed by atoms with E-state index < -0.39 is 0 Å². The van der Waals surface area contributed by atoms with E-state index in [1.54, 1.807) is 0 Å². The summed E-state index contributed by atoms with van der Waals surface area (Å²) in [5.41, 5.74) is 2.76. The minimum Gasteiger partial charge on any atom is -0.311 e. The topological polar surface area (TPSA) is 12.0 Å². The molecule has 0 radical (unpaired) electrons. The number of benzene rings is 1. The lowest BCUT2D eigenvalue weighted by atomic mass is 9.88. The van der Waals surface area contributed by atoms with Gasteiger partial charge in [0.1, 0.15) is 0 Å². The van der Waals surface area contributed by atoms with Gasteiger partial charge in [-0.2, -0.15) is 11.8 Å². The van der Waals surface area contributed by atoms with Crippen LogP contribution >= 0.6 is 11.8 Å². The quantitative estimate of drug-likeness (QED) is 0.856. The van der Waals surface area contributed by atoms with Crippen molar-refractivity contribution in [2.24, 2.45) is 0 Å². The van der Waals surface area contributed by atoms with Crippen LogP contribution in [0.1, 0.15) is 43.2 Å². The second kappa shape index (κ2) is 6.63. The molecule has 0 unspecified atom stereocenters. The third kappa shape index (κ3) is 3.76. The summed E-state index contributed by atoms with van der Waals surface area (Å²) in [7, 11) is 0. The molecular formula is C16H25NS. The Balaban J connectivity index is 1.83. The van der Waals surface area contributed by atoms with Crippen molar-refractivity contribution in [1.29, 1.82) is 0 Å². The van der Waals surface area contributed by atoms with Gasteiger partial charge in [-0.15, -0.1) is 0 Å². The molecular weight excluding hydrogens is 238 g/mol. The molecule has 1 aromatic carbocycles. The molecule has 1 aliphatic rings. The Morgan fingerprint density at radius 2 is 2.00 bits per heavy atom. The molecule has 0 spiro atoms. The smallest absolute Gasteiger partial charge is 0.0281 e. The van der Waals surface area contributed by atoms with Crippen molar-refractivity contribution in [3.8, 4) is 0 Å². The van der Waals surface area contributed by atoms with E-state index in [1.165, 1.54) is 43.2 Å². The summed E-state index contributed by atoms with van der Waals surface area (Å²) in [6.45, 7) is 4.32. The van der Waals surface area contributed by atoms with Crippen molar-refractivity contribution in [2.45, 2.75) is 50.3 Å². The molecule has 100 valence electrons. The maximum Gasteiger partial charge on any atom is 0.0281 e. The van der Waals surface area contributed by atoms with E-state index in [0.29, 0.717) is 4.75 Å². The Hall–Kier alpha value is -0.470. The SMILES string of the molecule is CSC1(CNCc2cccc(C)c2)CCCCC1. The van der Waals surface area contributed by atoms with Gasteiger partial charge in [-0.1, -0.05) is 49.1 Å². The van der Waals surface area contributed by atoms with Gasteiger partial charge in [0.15, 0.2) is 0 Å². The minimum absolute atomic E-state index is 0.502. The molecule has 1 aromatic rings. The van der Waals surface area contributed by atoms with Crippen LogP contribution in [0.4, 0.5) is 0 Å². The molecule has 2 rings (SSSR count). The average Bonchev–Trinajstić information content (AvgIpc) is 2.40. The fraction of sp³-hybridized carbons (Fsp3) is 0.625. The minimum atomic E-state index is 0.502. The largest absolute Gasteiger partial charge is 0.311 e. The van der Waals surface area contributed by atoms with Gasteiger partial charge in [-0.05, 0) is 31.6 Å². The van der Waals surface area contributed by atoms with E-state index in [9.17, 15) is 0 Å². The number of hydrogen-bond donors (Lipinski definition) is 1. The van der Waals surface area contributed by atoms with Crippen LogP contribution in [0.5, 0.6) is 0 Å². The monoisotopic (exact) mass is 263 g/mol. The molecule has 1 fully saturated rings. The molecule has 0 heterocycles. The first kappa shape index (κ1) is 14.0. The van der Waals surface area contributed by atoms with Crippen LogP contribution in [-0.4, -0.2) is 17.5 Å². The number of hydrogen-bond acceptors (Lipinski definition) is 2. The summed E-state index contributed by atoms with van der Waals surface area (Å²) < 4.78 is 0.502.